The maximum atomic E-state index is 13.7. The van der Waals surface area contributed by atoms with Crippen molar-refractivity contribution in [3.05, 3.63) is 28.0 Å². The zero-order valence-corrected chi connectivity index (χ0v) is 12.9. The van der Waals surface area contributed by atoms with E-state index in [4.69, 9.17) is 5.14 Å². The van der Waals surface area contributed by atoms with E-state index in [0.29, 0.717) is 12.5 Å². The van der Waals surface area contributed by atoms with E-state index in [2.05, 4.69) is 21.2 Å². The highest BCUT2D eigenvalue weighted by molar-refractivity contribution is 9.10. The molecular weight excluding hydrogens is 351 g/mol. The number of halogens is 2. The first-order valence-electron chi connectivity index (χ1n) is 6.09. The Hall–Kier alpha value is -0.990. The number of nitrogens with two attached hydrogens (primary N) is 1. The lowest BCUT2D eigenvalue weighted by Crippen LogP contribution is -2.32. The van der Waals surface area contributed by atoms with E-state index in [1.807, 2.05) is 0 Å². The van der Waals surface area contributed by atoms with Gasteiger partial charge in [0, 0.05) is 12.1 Å². The number of benzene rings is 1. The van der Waals surface area contributed by atoms with Gasteiger partial charge in [-0.3, -0.25) is 4.79 Å². The Labute approximate surface area is 124 Å². The Morgan fingerprint density at radius 1 is 1.45 bits per heavy atom. The molecule has 1 amide bonds. The lowest BCUT2D eigenvalue weighted by molar-refractivity contribution is 0.0938. The van der Waals surface area contributed by atoms with Gasteiger partial charge in [0.25, 0.3) is 5.91 Å². The molecule has 1 aromatic carbocycles. The number of hydrogen-bond donors (Lipinski definition) is 2. The minimum Gasteiger partial charge on any atom is -0.352 e. The van der Waals surface area contributed by atoms with Gasteiger partial charge in [0.1, 0.15) is 5.82 Å². The minimum atomic E-state index is -4.10. The highest BCUT2D eigenvalue weighted by atomic mass is 79.9. The quantitative estimate of drug-likeness (QED) is 0.852. The fourth-order valence-electron chi connectivity index (χ4n) is 1.94. The van der Waals surface area contributed by atoms with Crippen LogP contribution in [0, 0.1) is 11.7 Å². The predicted molar refractivity (Wildman–Crippen MR) is 75.1 cm³/mol. The fourth-order valence-corrected chi connectivity index (χ4v) is 3.48. The molecule has 0 heterocycles. The van der Waals surface area contributed by atoms with E-state index in [1.54, 1.807) is 0 Å². The number of carbonyl (C=O) groups is 1. The van der Waals surface area contributed by atoms with E-state index in [9.17, 15) is 17.6 Å². The molecule has 1 aliphatic rings. The second-order valence-corrected chi connectivity index (χ2v) is 7.14. The molecule has 20 heavy (non-hydrogen) atoms. The number of amides is 1. The zero-order chi connectivity index (χ0) is 14.9. The van der Waals surface area contributed by atoms with Crippen LogP contribution in [0.4, 0.5) is 4.39 Å². The fraction of sp³-hybridized carbons (Fsp3) is 0.417. The Morgan fingerprint density at radius 3 is 2.60 bits per heavy atom. The second-order valence-electron chi connectivity index (χ2n) is 4.82. The highest BCUT2D eigenvalue weighted by Gasteiger charge is 2.22. The van der Waals surface area contributed by atoms with E-state index in [-0.39, 0.29) is 10.0 Å². The third-order valence-corrected chi connectivity index (χ3v) is 5.34. The average molecular weight is 365 g/mol. The topological polar surface area (TPSA) is 89.3 Å². The molecule has 110 valence electrons. The molecule has 8 heteroatoms. The summed E-state index contributed by atoms with van der Waals surface area (Å²) < 4.78 is 36.1. The maximum absolute atomic E-state index is 13.7. The molecule has 0 aromatic heterocycles. The van der Waals surface area contributed by atoms with Gasteiger partial charge in [-0.2, -0.15) is 0 Å². The van der Waals surface area contributed by atoms with Crippen molar-refractivity contribution in [2.45, 2.75) is 24.2 Å². The largest absolute Gasteiger partial charge is 0.352 e. The molecule has 0 radical (unpaired) electrons. The SMILES string of the molecule is NS(=O)(=O)c1cc(C(=O)NCC2CCC2)cc(F)c1Br. The van der Waals surface area contributed by atoms with Crippen molar-refractivity contribution >= 4 is 31.9 Å². The summed E-state index contributed by atoms with van der Waals surface area (Å²) in [5.41, 5.74) is -0.0611. The highest BCUT2D eigenvalue weighted by Crippen LogP contribution is 2.27. The van der Waals surface area contributed by atoms with Crippen LogP contribution in [0.15, 0.2) is 21.5 Å². The molecule has 0 atom stereocenters. The molecule has 0 bridgehead atoms. The van der Waals surface area contributed by atoms with E-state index in [1.165, 1.54) is 0 Å². The summed E-state index contributed by atoms with van der Waals surface area (Å²) in [7, 11) is -4.10. The Morgan fingerprint density at radius 2 is 2.10 bits per heavy atom. The Balaban J connectivity index is 2.23. The van der Waals surface area contributed by atoms with E-state index >= 15 is 0 Å². The summed E-state index contributed by atoms with van der Waals surface area (Å²) in [5, 5.41) is 7.66. The van der Waals surface area contributed by atoms with Gasteiger partial charge in [-0.15, -0.1) is 0 Å². The lowest BCUT2D eigenvalue weighted by atomic mass is 9.85. The predicted octanol–water partition coefficient (Wildman–Crippen LogP) is 1.77. The van der Waals surface area contributed by atoms with Crippen LogP contribution >= 0.6 is 15.9 Å². The molecule has 1 fully saturated rings. The normalized spacial score (nSPS) is 15.8. The van der Waals surface area contributed by atoms with Crippen molar-refractivity contribution in [1.82, 2.24) is 5.32 Å². The molecule has 3 N–H and O–H groups in total. The maximum Gasteiger partial charge on any atom is 0.251 e. The van der Waals surface area contributed by atoms with Crippen molar-refractivity contribution in [3.63, 3.8) is 0 Å². The van der Waals surface area contributed by atoms with Gasteiger partial charge in [-0.1, -0.05) is 6.42 Å². The third kappa shape index (κ3) is 3.36. The van der Waals surface area contributed by atoms with Gasteiger partial charge in [-0.05, 0) is 46.8 Å². The van der Waals surface area contributed by atoms with Crippen LogP contribution in [0.1, 0.15) is 29.6 Å². The van der Waals surface area contributed by atoms with Gasteiger partial charge in [0.15, 0.2) is 0 Å². The molecule has 0 saturated heterocycles. The van der Waals surface area contributed by atoms with Crippen LogP contribution in [0.3, 0.4) is 0 Å². The first-order valence-corrected chi connectivity index (χ1v) is 8.43. The summed E-state index contributed by atoms with van der Waals surface area (Å²) >= 11 is 2.82. The lowest BCUT2D eigenvalue weighted by Gasteiger charge is -2.25. The number of carbonyl (C=O) groups excluding carboxylic acids is 1. The number of sulfonamides is 1. The molecule has 5 nitrogen and oxygen atoms in total. The molecule has 0 spiro atoms. The molecule has 0 unspecified atom stereocenters. The first-order chi connectivity index (χ1) is 9.29. The third-order valence-electron chi connectivity index (χ3n) is 3.34. The van der Waals surface area contributed by atoms with Crippen LogP contribution in [0.25, 0.3) is 0 Å². The van der Waals surface area contributed by atoms with Crippen molar-refractivity contribution in [3.8, 4) is 0 Å². The van der Waals surface area contributed by atoms with Crippen molar-refractivity contribution in [1.29, 1.82) is 0 Å². The van der Waals surface area contributed by atoms with Crippen LogP contribution in [0.2, 0.25) is 0 Å². The van der Waals surface area contributed by atoms with Gasteiger partial charge in [0.2, 0.25) is 10.0 Å². The van der Waals surface area contributed by atoms with Gasteiger partial charge >= 0.3 is 0 Å². The number of primary sulfonamides is 1. The first kappa shape index (κ1) is 15.4. The van der Waals surface area contributed by atoms with Crippen molar-refractivity contribution < 1.29 is 17.6 Å². The molecule has 1 saturated carbocycles. The standard InChI is InChI=1S/C12H14BrFN2O3S/c13-11-9(14)4-8(5-10(11)20(15,18)19)12(17)16-6-7-2-1-3-7/h4-5,7H,1-3,6H2,(H,16,17)(H2,15,18,19). The number of rotatable bonds is 4. The van der Waals surface area contributed by atoms with Gasteiger partial charge < -0.3 is 5.32 Å². The molecule has 1 aromatic rings. The summed E-state index contributed by atoms with van der Waals surface area (Å²) in [5.74, 6) is -0.893. The summed E-state index contributed by atoms with van der Waals surface area (Å²) in [6.45, 7) is 0.515. The van der Waals surface area contributed by atoms with Crippen molar-refractivity contribution in [2.75, 3.05) is 6.54 Å². The Bertz CT molecular complexity index is 644. The molecular formula is C12H14BrFN2O3S. The second kappa shape index (κ2) is 5.79. The van der Waals surface area contributed by atoms with E-state index < -0.39 is 26.6 Å². The molecule has 2 rings (SSSR count). The van der Waals surface area contributed by atoms with Gasteiger partial charge in [-0.25, -0.2) is 17.9 Å². The number of nitrogens with one attached hydrogen (secondary N) is 1. The summed E-state index contributed by atoms with van der Waals surface area (Å²) in [4.78, 5) is 11.5. The van der Waals surface area contributed by atoms with Gasteiger partial charge in [0.05, 0.1) is 9.37 Å². The average Bonchev–Trinajstić information content (AvgIpc) is 2.28. The molecule has 0 aliphatic heterocycles. The number of hydrogen-bond acceptors (Lipinski definition) is 3. The smallest absolute Gasteiger partial charge is 0.251 e. The molecule has 1 aliphatic carbocycles. The Kier molecular flexibility index (Phi) is 4.46. The van der Waals surface area contributed by atoms with Crippen LogP contribution in [-0.2, 0) is 10.0 Å². The minimum absolute atomic E-state index is 0.0611. The van der Waals surface area contributed by atoms with Crippen LogP contribution < -0.4 is 10.5 Å². The van der Waals surface area contributed by atoms with E-state index in [0.717, 1.165) is 31.4 Å². The zero-order valence-electron chi connectivity index (χ0n) is 10.5. The summed E-state index contributed by atoms with van der Waals surface area (Å²) in [6.07, 6.45) is 3.29. The summed E-state index contributed by atoms with van der Waals surface area (Å²) in [6, 6.07) is 2.05. The monoisotopic (exact) mass is 364 g/mol. The van der Waals surface area contributed by atoms with Crippen LogP contribution in [-0.4, -0.2) is 20.9 Å². The van der Waals surface area contributed by atoms with Crippen LogP contribution in [0.5, 0.6) is 0 Å². The van der Waals surface area contributed by atoms with Crippen molar-refractivity contribution in [2.24, 2.45) is 11.1 Å².